The topological polar surface area (TPSA) is 72.2 Å². The van der Waals surface area contributed by atoms with Gasteiger partial charge < -0.3 is 5.32 Å². The third-order valence-corrected chi connectivity index (χ3v) is 2.73. The highest BCUT2D eigenvalue weighted by Gasteiger charge is 2.21. The van der Waals surface area contributed by atoms with Crippen LogP contribution in [-0.4, -0.2) is 16.9 Å². The number of nitrogens with one attached hydrogen (secondary N) is 1. The van der Waals surface area contributed by atoms with E-state index in [1.54, 1.807) is 0 Å². The van der Waals surface area contributed by atoms with Crippen molar-refractivity contribution in [2.45, 2.75) is 32.7 Å². The van der Waals surface area contributed by atoms with Gasteiger partial charge in [-0.25, -0.2) is 0 Å². The van der Waals surface area contributed by atoms with Crippen LogP contribution in [0.3, 0.4) is 0 Å². The molecule has 0 heterocycles. The zero-order chi connectivity index (χ0) is 13.7. The minimum absolute atomic E-state index is 0.00421. The molecule has 6 heteroatoms. The Kier molecular flexibility index (Phi) is 5.09. The van der Waals surface area contributed by atoms with Crippen molar-refractivity contribution in [3.8, 4) is 0 Å². The first kappa shape index (κ1) is 14.4. The van der Waals surface area contributed by atoms with E-state index in [9.17, 15) is 14.9 Å². The maximum atomic E-state index is 11.9. The fourth-order valence-electron chi connectivity index (χ4n) is 1.66. The second-order valence-corrected chi connectivity index (χ2v) is 4.52. The molecule has 1 aromatic rings. The summed E-state index contributed by atoms with van der Waals surface area (Å²) in [5, 5.41) is 13.8. The molecule has 1 amide bonds. The van der Waals surface area contributed by atoms with Gasteiger partial charge in [0, 0.05) is 17.1 Å². The third kappa shape index (κ3) is 3.70. The van der Waals surface area contributed by atoms with Gasteiger partial charge in [0.2, 0.25) is 0 Å². The molecule has 5 nitrogen and oxygen atoms in total. The van der Waals surface area contributed by atoms with Crippen molar-refractivity contribution in [3.05, 3.63) is 38.9 Å². The van der Waals surface area contributed by atoms with Crippen molar-refractivity contribution >= 4 is 23.2 Å². The molecule has 1 rings (SSSR count). The van der Waals surface area contributed by atoms with Gasteiger partial charge in [-0.2, -0.15) is 0 Å². The van der Waals surface area contributed by atoms with Gasteiger partial charge >= 0.3 is 0 Å². The highest BCUT2D eigenvalue weighted by atomic mass is 35.5. The van der Waals surface area contributed by atoms with E-state index in [4.69, 9.17) is 11.6 Å². The van der Waals surface area contributed by atoms with Crippen molar-refractivity contribution in [2.75, 3.05) is 0 Å². The van der Waals surface area contributed by atoms with Crippen molar-refractivity contribution in [3.63, 3.8) is 0 Å². The Hall–Kier alpha value is -1.62. The number of hydrogen-bond donors (Lipinski definition) is 1. The van der Waals surface area contributed by atoms with Crippen LogP contribution >= 0.6 is 11.6 Å². The summed E-state index contributed by atoms with van der Waals surface area (Å²) in [7, 11) is 0. The number of halogens is 1. The van der Waals surface area contributed by atoms with E-state index in [1.165, 1.54) is 18.2 Å². The van der Waals surface area contributed by atoms with Gasteiger partial charge in [-0.15, -0.1) is 0 Å². The van der Waals surface area contributed by atoms with Crippen LogP contribution in [0.25, 0.3) is 0 Å². The summed E-state index contributed by atoms with van der Waals surface area (Å²) in [5.41, 5.74) is -0.240. The molecule has 1 aromatic carbocycles. The van der Waals surface area contributed by atoms with Crippen molar-refractivity contribution in [1.82, 2.24) is 5.32 Å². The molecule has 0 saturated heterocycles. The number of carbonyl (C=O) groups is 1. The predicted molar refractivity (Wildman–Crippen MR) is 69.9 cm³/mol. The SMILES string of the molecule is CCC[C@H](C)NC(=O)c1cc(Cl)ccc1[N+](=O)[O-]. The van der Waals surface area contributed by atoms with E-state index >= 15 is 0 Å². The number of amides is 1. The number of rotatable bonds is 5. The number of nitrogens with zero attached hydrogens (tertiary/aromatic N) is 1. The minimum atomic E-state index is -0.588. The molecule has 0 unspecified atom stereocenters. The van der Waals surface area contributed by atoms with Crippen molar-refractivity contribution in [1.29, 1.82) is 0 Å². The summed E-state index contributed by atoms with van der Waals surface area (Å²) in [6.07, 6.45) is 1.75. The monoisotopic (exact) mass is 270 g/mol. The lowest BCUT2D eigenvalue weighted by Crippen LogP contribution is -2.32. The van der Waals surface area contributed by atoms with E-state index in [1.807, 2.05) is 13.8 Å². The fraction of sp³-hybridized carbons (Fsp3) is 0.417. The minimum Gasteiger partial charge on any atom is -0.349 e. The lowest BCUT2D eigenvalue weighted by molar-refractivity contribution is -0.385. The zero-order valence-electron chi connectivity index (χ0n) is 10.3. The smallest absolute Gasteiger partial charge is 0.282 e. The van der Waals surface area contributed by atoms with Gasteiger partial charge in [0.25, 0.3) is 11.6 Å². The number of benzene rings is 1. The van der Waals surface area contributed by atoms with Gasteiger partial charge in [-0.3, -0.25) is 14.9 Å². The van der Waals surface area contributed by atoms with Crippen LogP contribution in [0.1, 0.15) is 37.0 Å². The number of nitro groups is 1. The van der Waals surface area contributed by atoms with Gasteiger partial charge in [0.05, 0.1) is 4.92 Å². The Morgan fingerprint density at radius 2 is 2.22 bits per heavy atom. The average molecular weight is 271 g/mol. The summed E-state index contributed by atoms with van der Waals surface area (Å²) >= 11 is 5.76. The largest absolute Gasteiger partial charge is 0.349 e. The summed E-state index contributed by atoms with van der Waals surface area (Å²) < 4.78 is 0. The molecule has 1 atom stereocenters. The van der Waals surface area contributed by atoms with E-state index < -0.39 is 10.8 Å². The Balaban J connectivity index is 2.97. The maximum Gasteiger partial charge on any atom is 0.282 e. The molecule has 0 radical (unpaired) electrons. The van der Waals surface area contributed by atoms with Gasteiger partial charge in [0.15, 0.2) is 0 Å². The molecule has 18 heavy (non-hydrogen) atoms. The third-order valence-electron chi connectivity index (χ3n) is 2.50. The molecule has 0 aliphatic heterocycles. The number of nitro benzene ring substituents is 1. The number of carbonyl (C=O) groups excluding carboxylic acids is 1. The Morgan fingerprint density at radius 1 is 1.56 bits per heavy atom. The second-order valence-electron chi connectivity index (χ2n) is 4.08. The molecule has 0 aliphatic carbocycles. The molecular weight excluding hydrogens is 256 g/mol. The molecule has 0 aliphatic rings. The van der Waals surface area contributed by atoms with E-state index in [2.05, 4.69) is 5.32 Å². The Morgan fingerprint density at radius 3 is 2.78 bits per heavy atom. The van der Waals surface area contributed by atoms with E-state index in [-0.39, 0.29) is 17.3 Å². The summed E-state index contributed by atoms with van der Waals surface area (Å²) in [5.74, 6) is -0.467. The summed E-state index contributed by atoms with van der Waals surface area (Å²) in [4.78, 5) is 22.2. The van der Waals surface area contributed by atoms with Crippen LogP contribution in [0.2, 0.25) is 5.02 Å². The first-order chi connectivity index (χ1) is 8.45. The first-order valence-corrected chi connectivity index (χ1v) is 6.08. The molecule has 1 N–H and O–H groups in total. The van der Waals surface area contributed by atoms with Crippen molar-refractivity contribution in [2.24, 2.45) is 0 Å². The molecule has 0 bridgehead atoms. The lowest BCUT2D eigenvalue weighted by Gasteiger charge is -2.12. The normalized spacial score (nSPS) is 11.9. The summed E-state index contributed by atoms with van der Waals surface area (Å²) in [6.45, 7) is 3.86. The van der Waals surface area contributed by atoms with Crippen LogP contribution < -0.4 is 5.32 Å². The first-order valence-electron chi connectivity index (χ1n) is 5.70. The summed E-state index contributed by atoms with van der Waals surface area (Å²) in [6, 6.07) is 3.92. The van der Waals surface area contributed by atoms with Crippen LogP contribution in [0.4, 0.5) is 5.69 Å². The van der Waals surface area contributed by atoms with Gasteiger partial charge in [-0.05, 0) is 25.5 Å². The molecule has 0 saturated carbocycles. The Bertz CT molecular complexity index is 463. The van der Waals surface area contributed by atoms with Crippen LogP contribution in [0, 0.1) is 10.1 Å². The molecule has 98 valence electrons. The predicted octanol–water partition coefficient (Wildman–Crippen LogP) is 3.17. The average Bonchev–Trinajstić information content (AvgIpc) is 2.28. The molecule has 0 spiro atoms. The quantitative estimate of drug-likeness (QED) is 0.660. The van der Waals surface area contributed by atoms with Crippen molar-refractivity contribution < 1.29 is 9.72 Å². The standard InChI is InChI=1S/C12H15ClN2O3/c1-3-4-8(2)14-12(16)10-7-9(13)5-6-11(10)15(17)18/h5-8H,3-4H2,1-2H3,(H,14,16)/t8-/m0/s1. The maximum absolute atomic E-state index is 11.9. The lowest BCUT2D eigenvalue weighted by atomic mass is 10.1. The molecule has 0 fully saturated rings. The van der Waals surface area contributed by atoms with E-state index in [0.29, 0.717) is 5.02 Å². The van der Waals surface area contributed by atoms with Crippen LogP contribution in [0.5, 0.6) is 0 Å². The highest BCUT2D eigenvalue weighted by molar-refractivity contribution is 6.31. The highest BCUT2D eigenvalue weighted by Crippen LogP contribution is 2.22. The van der Waals surface area contributed by atoms with Crippen LogP contribution in [-0.2, 0) is 0 Å². The fourth-order valence-corrected chi connectivity index (χ4v) is 1.83. The second kappa shape index (κ2) is 6.35. The van der Waals surface area contributed by atoms with Gasteiger partial charge in [-0.1, -0.05) is 24.9 Å². The van der Waals surface area contributed by atoms with Gasteiger partial charge in [0.1, 0.15) is 5.56 Å². The zero-order valence-corrected chi connectivity index (χ0v) is 11.0. The van der Waals surface area contributed by atoms with E-state index in [0.717, 1.165) is 12.8 Å². The molecular formula is C12H15ClN2O3. The molecule has 0 aromatic heterocycles. The number of hydrogen-bond acceptors (Lipinski definition) is 3. The van der Waals surface area contributed by atoms with Crippen LogP contribution in [0.15, 0.2) is 18.2 Å². The Labute approximate surface area is 110 Å².